The molecule has 0 saturated heterocycles. The Bertz CT molecular complexity index is 5470. The Morgan fingerprint density at radius 3 is 1.28 bits per heavy atom. The molecule has 18 rings (SSSR count). The van der Waals surface area contributed by atoms with Gasteiger partial charge < -0.3 is 33.2 Å². The molecule has 3 aliphatic rings. The first-order valence-corrected chi connectivity index (χ1v) is 35.8. The van der Waals surface area contributed by atoms with Gasteiger partial charge in [-0.1, -0.05) is 184 Å². The number of nitrogens with two attached hydrogens (primary N) is 3. The smallest absolute Gasteiger partial charge is 0.270 e. The van der Waals surface area contributed by atoms with Crippen molar-refractivity contribution in [3.8, 4) is 33.8 Å². The number of nitrogen functional groups attached to an aromatic ring is 3. The van der Waals surface area contributed by atoms with Crippen molar-refractivity contribution < 1.29 is 14.4 Å². The Morgan fingerprint density at radius 1 is 0.371 bits per heavy atom. The number of nitrogens with one attached hydrogen (secondary N) is 3. The highest BCUT2D eigenvalue weighted by atomic mass is 16.2. The van der Waals surface area contributed by atoms with Crippen molar-refractivity contribution in [2.75, 3.05) is 17.2 Å². The van der Waals surface area contributed by atoms with Gasteiger partial charge in [0.2, 0.25) is 0 Å². The maximum atomic E-state index is 12.8. The SMILES string of the molecule is Nc1ncnc2c1c(-c1ccc(CNC(=O)c3ccc4ccccc4c3)cc1)nn2C1CCCC1.Nc1ncnc2c1c(-c1ccc(CNC(=O)c3cccc4cccnc34)cc1)nn2C1CCCC1.Nc1ncnc2c1c(-c1ccc(CNC(=O)c3nccc4ccccc34)cc1)nn2C1CCCC1. The highest BCUT2D eigenvalue weighted by Crippen LogP contribution is 2.40. The maximum absolute atomic E-state index is 12.8. The predicted octanol–water partition coefficient (Wildman–Crippen LogP) is 14.6. The average molecular weight is 1390 g/mol. The van der Waals surface area contributed by atoms with E-state index in [1.807, 2.05) is 184 Å². The first kappa shape index (κ1) is 66.6. The largest absolute Gasteiger partial charge is 0.383 e. The number of fused-ring (bicyclic) bond motifs is 6. The van der Waals surface area contributed by atoms with Crippen molar-refractivity contribution in [2.45, 2.75) is 115 Å². The number of anilines is 3. The van der Waals surface area contributed by atoms with E-state index in [2.05, 4.69) is 55.8 Å². The van der Waals surface area contributed by atoms with E-state index in [0.717, 1.165) is 149 Å². The number of aromatic nitrogens is 14. The number of carbonyl (C=O) groups is 3. The summed E-state index contributed by atoms with van der Waals surface area (Å²) in [5.74, 6) is 0.885. The third-order valence-corrected chi connectivity index (χ3v) is 20.4. The van der Waals surface area contributed by atoms with Gasteiger partial charge in [0.1, 0.15) is 59.2 Å². The van der Waals surface area contributed by atoms with E-state index >= 15 is 0 Å². The molecular formula is C82H76N20O3. The van der Waals surface area contributed by atoms with Gasteiger partial charge in [-0.2, -0.15) is 15.3 Å². The molecule has 23 heteroatoms. The number of rotatable bonds is 15. The van der Waals surface area contributed by atoms with Crippen molar-refractivity contribution >= 4 is 101 Å². The molecule has 3 aliphatic carbocycles. The van der Waals surface area contributed by atoms with E-state index in [1.165, 1.54) is 57.5 Å². The first-order valence-electron chi connectivity index (χ1n) is 35.8. The molecule has 9 N–H and O–H groups in total. The molecule has 0 unspecified atom stereocenters. The first-order chi connectivity index (χ1) is 51.5. The number of nitrogens with zero attached hydrogens (tertiary/aromatic N) is 14. The van der Waals surface area contributed by atoms with Crippen LogP contribution in [0.4, 0.5) is 17.5 Å². The molecule has 8 aromatic heterocycles. The van der Waals surface area contributed by atoms with Crippen LogP contribution >= 0.6 is 0 Å². The van der Waals surface area contributed by atoms with E-state index in [0.29, 0.717) is 77.6 Å². The summed E-state index contributed by atoms with van der Waals surface area (Å²) in [7, 11) is 0. The highest BCUT2D eigenvalue weighted by molar-refractivity contribution is 6.07. The summed E-state index contributed by atoms with van der Waals surface area (Å²) in [5, 5.41) is 31.1. The van der Waals surface area contributed by atoms with Crippen LogP contribution in [0, 0.1) is 0 Å². The topological polar surface area (TPSA) is 322 Å². The van der Waals surface area contributed by atoms with Gasteiger partial charge in [0, 0.05) is 65.1 Å². The second-order valence-electron chi connectivity index (χ2n) is 27.0. The van der Waals surface area contributed by atoms with Crippen LogP contribution in [-0.2, 0) is 19.6 Å². The lowest BCUT2D eigenvalue weighted by Crippen LogP contribution is -2.24. The van der Waals surface area contributed by atoms with Crippen LogP contribution in [-0.4, -0.2) is 86.9 Å². The summed E-state index contributed by atoms with van der Waals surface area (Å²) in [5.41, 5.74) is 31.7. The molecule has 23 nitrogen and oxygen atoms in total. The Balaban J connectivity index is 0.000000121. The third kappa shape index (κ3) is 13.8. The molecule has 7 aromatic carbocycles. The standard InChI is InChI=1S/C28H26N6O.2C27H25N7O/c29-26-24-25(33-34(23-7-3-4-8-23)27(24)32-17-31-26)20-11-9-18(10-12-20)16-30-28(35)22-14-13-19-5-1-2-6-21(19)15-22;28-25-22-23(33-34(20-6-2-3-7-20)26(22)32-16-31-25)19-11-9-17(10-12-19)15-30-27(35)24-21-8-4-1-5-18(21)13-14-29-24;28-25-22-24(33-34(20-7-1-2-8-20)26(22)32-16-31-25)19-12-10-17(11-13-19)15-30-27(35)21-9-3-5-18-6-4-14-29-23(18)21/h1-2,5-6,9-15,17,23H,3-4,7-8,16H2,(H,30,35)(H2,29,31,32);1,4-5,8-14,16,20H,2-3,6-7,15H2,(H,30,35)(H2,28,31,32);3-6,9-14,16,20H,1-2,7-8,15H2,(H,30,35)(H2,28,31,32). The molecule has 0 atom stereocenters. The van der Waals surface area contributed by atoms with Gasteiger partial charge in [0.15, 0.2) is 16.9 Å². The summed E-state index contributed by atoms with van der Waals surface area (Å²) in [6.45, 7) is 1.24. The van der Waals surface area contributed by atoms with Crippen molar-refractivity contribution in [1.82, 2.24) is 85.2 Å². The molecule has 105 heavy (non-hydrogen) atoms. The minimum atomic E-state index is -0.197. The Morgan fingerprint density at radius 2 is 0.790 bits per heavy atom. The highest BCUT2D eigenvalue weighted by Gasteiger charge is 2.28. The molecule has 3 fully saturated rings. The van der Waals surface area contributed by atoms with Crippen molar-refractivity contribution in [3.63, 3.8) is 0 Å². The van der Waals surface area contributed by atoms with E-state index in [9.17, 15) is 14.4 Å². The van der Waals surface area contributed by atoms with Gasteiger partial charge in [-0.3, -0.25) is 24.4 Å². The molecule has 3 saturated carbocycles. The van der Waals surface area contributed by atoms with Crippen LogP contribution in [0.2, 0.25) is 0 Å². The number of pyridine rings is 2. The molecule has 522 valence electrons. The van der Waals surface area contributed by atoms with Crippen LogP contribution in [0.5, 0.6) is 0 Å². The molecule has 15 aromatic rings. The normalized spacial score (nSPS) is 14.1. The number of benzene rings is 7. The average Bonchev–Trinajstić information content (AvgIpc) is 1.63. The van der Waals surface area contributed by atoms with E-state index < -0.39 is 0 Å². The molecular weight excluding hydrogens is 1310 g/mol. The van der Waals surface area contributed by atoms with Gasteiger partial charge >= 0.3 is 0 Å². The summed E-state index contributed by atoms with van der Waals surface area (Å²) in [6.07, 6.45) is 21.7. The van der Waals surface area contributed by atoms with Crippen molar-refractivity contribution in [3.05, 3.63) is 241 Å². The molecule has 3 amide bonds. The van der Waals surface area contributed by atoms with Crippen LogP contribution in [0.15, 0.2) is 207 Å². The molecule has 0 bridgehead atoms. The van der Waals surface area contributed by atoms with Crippen molar-refractivity contribution in [1.29, 1.82) is 0 Å². The monoisotopic (exact) mass is 1390 g/mol. The van der Waals surface area contributed by atoms with Gasteiger partial charge in [-0.15, -0.1) is 0 Å². The lowest BCUT2D eigenvalue weighted by molar-refractivity contribution is 0.0941. The van der Waals surface area contributed by atoms with Crippen LogP contribution < -0.4 is 33.2 Å². The predicted molar refractivity (Wildman–Crippen MR) is 409 cm³/mol. The van der Waals surface area contributed by atoms with E-state index in [1.54, 1.807) is 18.5 Å². The zero-order valence-corrected chi connectivity index (χ0v) is 57.7. The quantitative estimate of drug-likeness (QED) is 0.0555. The van der Waals surface area contributed by atoms with Gasteiger partial charge in [0.25, 0.3) is 17.7 Å². The third-order valence-electron chi connectivity index (χ3n) is 20.4. The van der Waals surface area contributed by atoms with Crippen LogP contribution in [0.1, 0.15) is 143 Å². The fourth-order valence-corrected chi connectivity index (χ4v) is 14.9. The minimum absolute atomic E-state index is 0.0916. The Kier molecular flexibility index (Phi) is 18.8. The van der Waals surface area contributed by atoms with Gasteiger partial charge in [-0.05, 0) is 102 Å². The Labute approximate surface area is 603 Å². The summed E-state index contributed by atoms with van der Waals surface area (Å²) in [4.78, 5) is 73.2. The minimum Gasteiger partial charge on any atom is -0.383 e. The molecule has 8 heterocycles. The number of hydrogen-bond donors (Lipinski definition) is 6. The summed E-state index contributed by atoms with van der Waals surface area (Å²) < 4.78 is 6.09. The fraction of sp³-hybridized carbons (Fsp3) is 0.220. The summed E-state index contributed by atoms with van der Waals surface area (Å²) >= 11 is 0. The molecule has 0 aliphatic heterocycles. The Hall–Kier alpha value is -12.9. The second kappa shape index (κ2) is 29.6. The molecule has 0 radical (unpaired) electrons. The van der Waals surface area contributed by atoms with Gasteiger partial charge in [0.05, 0.1) is 45.4 Å². The van der Waals surface area contributed by atoms with E-state index in [-0.39, 0.29) is 17.7 Å². The number of para-hydroxylation sites is 1. The summed E-state index contributed by atoms with van der Waals surface area (Å²) in [6, 6.07) is 58.0. The zero-order valence-electron chi connectivity index (χ0n) is 57.7. The van der Waals surface area contributed by atoms with Crippen LogP contribution in [0.3, 0.4) is 0 Å². The van der Waals surface area contributed by atoms with Crippen LogP contribution in [0.25, 0.3) is 99.3 Å². The lowest BCUT2D eigenvalue weighted by Gasteiger charge is -2.10. The fourth-order valence-electron chi connectivity index (χ4n) is 14.9. The zero-order chi connectivity index (χ0) is 71.3. The van der Waals surface area contributed by atoms with E-state index in [4.69, 9.17) is 32.5 Å². The lowest BCUT2D eigenvalue weighted by atomic mass is 10.1. The van der Waals surface area contributed by atoms with Gasteiger partial charge in [-0.25, -0.2) is 43.9 Å². The van der Waals surface area contributed by atoms with Crippen molar-refractivity contribution in [2.24, 2.45) is 0 Å². The number of carbonyl (C=O) groups excluding carboxylic acids is 3. The number of amides is 3. The number of hydrogen-bond acceptors (Lipinski definition) is 17. The maximum Gasteiger partial charge on any atom is 0.270 e. The molecule has 0 spiro atoms. The second-order valence-corrected chi connectivity index (χ2v) is 27.0.